The molecule has 3 heteroatoms. The highest BCUT2D eigenvalue weighted by Crippen LogP contribution is 2.32. The van der Waals surface area contributed by atoms with E-state index in [2.05, 4.69) is 0 Å². The third-order valence-corrected chi connectivity index (χ3v) is 3.58. The molecule has 1 heterocycles. The lowest BCUT2D eigenvalue weighted by Crippen LogP contribution is -1.94. The average molecular weight is 234 g/mol. The normalized spacial score (nSPS) is 10.4. The van der Waals surface area contributed by atoms with Gasteiger partial charge in [-0.1, -0.05) is 12.1 Å². The van der Waals surface area contributed by atoms with Gasteiger partial charge < -0.3 is 0 Å². The second-order valence-electron chi connectivity index (χ2n) is 3.69. The quantitative estimate of drug-likeness (QED) is 0.716. The SMILES string of the molecule is CC(=O)c1c(C)csc1-c1ccc(F)cc1. The second-order valence-corrected chi connectivity index (χ2v) is 4.57. The predicted octanol–water partition coefficient (Wildman–Crippen LogP) is 4.07. The van der Waals surface area contributed by atoms with Gasteiger partial charge in [-0.3, -0.25) is 4.79 Å². The molecule has 0 saturated heterocycles. The molecule has 0 unspecified atom stereocenters. The Morgan fingerprint density at radius 2 is 1.88 bits per heavy atom. The number of hydrogen-bond acceptors (Lipinski definition) is 2. The minimum absolute atomic E-state index is 0.0538. The molecule has 0 amide bonds. The van der Waals surface area contributed by atoms with Crippen LogP contribution in [-0.4, -0.2) is 5.78 Å². The van der Waals surface area contributed by atoms with E-state index in [9.17, 15) is 9.18 Å². The fraction of sp³-hybridized carbons (Fsp3) is 0.154. The molecule has 0 saturated carbocycles. The number of carbonyl (C=O) groups excluding carboxylic acids is 1. The third kappa shape index (κ3) is 1.91. The average Bonchev–Trinajstić information content (AvgIpc) is 2.61. The molecule has 0 N–H and O–H groups in total. The van der Waals surface area contributed by atoms with Crippen LogP contribution < -0.4 is 0 Å². The summed E-state index contributed by atoms with van der Waals surface area (Å²) in [7, 11) is 0. The van der Waals surface area contributed by atoms with E-state index >= 15 is 0 Å². The van der Waals surface area contributed by atoms with Gasteiger partial charge in [-0.05, 0) is 42.5 Å². The van der Waals surface area contributed by atoms with Crippen molar-refractivity contribution in [2.24, 2.45) is 0 Å². The molecular weight excluding hydrogens is 223 g/mol. The standard InChI is InChI=1S/C13H11FOS/c1-8-7-16-13(12(8)9(2)15)10-3-5-11(14)6-4-10/h3-7H,1-2H3. The summed E-state index contributed by atoms with van der Waals surface area (Å²) in [5.74, 6) is -0.209. The summed E-state index contributed by atoms with van der Waals surface area (Å²) in [5.41, 5.74) is 2.62. The Morgan fingerprint density at radius 3 is 2.44 bits per heavy atom. The van der Waals surface area contributed by atoms with Crippen molar-refractivity contribution in [3.63, 3.8) is 0 Å². The van der Waals surface area contributed by atoms with Crippen LogP contribution in [0.15, 0.2) is 29.6 Å². The van der Waals surface area contributed by atoms with E-state index in [1.165, 1.54) is 23.5 Å². The Bertz CT molecular complexity index is 525. The molecule has 16 heavy (non-hydrogen) atoms. The Kier molecular flexibility index (Phi) is 2.88. The van der Waals surface area contributed by atoms with Crippen molar-refractivity contribution in [1.82, 2.24) is 0 Å². The number of carbonyl (C=O) groups is 1. The summed E-state index contributed by atoms with van der Waals surface area (Å²) in [6.07, 6.45) is 0. The molecule has 2 rings (SSSR count). The van der Waals surface area contributed by atoms with Gasteiger partial charge in [0.25, 0.3) is 0 Å². The zero-order valence-corrected chi connectivity index (χ0v) is 9.90. The molecule has 82 valence electrons. The Balaban J connectivity index is 2.56. The summed E-state index contributed by atoms with van der Waals surface area (Å²) in [6.45, 7) is 3.47. The van der Waals surface area contributed by atoms with Crippen molar-refractivity contribution in [2.45, 2.75) is 13.8 Å². The Labute approximate surface area is 97.6 Å². The van der Waals surface area contributed by atoms with Gasteiger partial charge in [0.05, 0.1) is 0 Å². The minimum Gasteiger partial charge on any atom is -0.294 e. The summed E-state index contributed by atoms with van der Waals surface area (Å²) in [5, 5.41) is 1.95. The van der Waals surface area contributed by atoms with E-state index in [4.69, 9.17) is 0 Å². The Morgan fingerprint density at radius 1 is 1.25 bits per heavy atom. The number of aryl methyl sites for hydroxylation is 1. The number of ketones is 1. The van der Waals surface area contributed by atoms with Crippen LogP contribution in [0.25, 0.3) is 10.4 Å². The molecule has 0 bridgehead atoms. The fourth-order valence-corrected chi connectivity index (χ4v) is 2.80. The third-order valence-electron chi connectivity index (χ3n) is 2.43. The van der Waals surface area contributed by atoms with Gasteiger partial charge in [-0.25, -0.2) is 4.39 Å². The van der Waals surface area contributed by atoms with Crippen molar-refractivity contribution in [2.75, 3.05) is 0 Å². The van der Waals surface area contributed by atoms with E-state index in [0.717, 1.165) is 21.6 Å². The van der Waals surface area contributed by atoms with Crippen molar-refractivity contribution < 1.29 is 9.18 Å². The molecule has 1 nitrogen and oxygen atoms in total. The maximum atomic E-state index is 12.8. The zero-order chi connectivity index (χ0) is 11.7. The van der Waals surface area contributed by atoms with Gasteiger partial charge in [0, 0.05) is 10.4 Å². The first-order valence-corrected chi connectivity index (χ1v) is 5.82. The maximum absolute atomic E-state index is 12.8. The second kappa shape index (κ2) is 4.18. The van der Waals surface area contributed by atoms with Gasteiger partial charge in [-0.15, -0.1) is 11.3 Å². The van der Waals surface area contributed by atoms with Crippen LogP contribution in [0.3, 0.4) is 0 Å². The highest BCUT2D eigenvalue weighted by molar-refractivity contribution is 7.14. The zero-order valence-electron chi connectivity index (χ0n) is 9.08. The molecule has 0 aliphatic rings. The van der Waals surface area contributed by atoms with E-state index < -0.39 is 0 Å². The van der Waals surface area contributed by atoms with Gasteiger partial charge >= 0.3 is 0 Å². The molecule has 0 radical (unpaired) electrons. The van der Waals surface area contributed by atoms with Crippen molar-refractivity contribution >= 4 is 17.1 Å². The largest absolute Gasteiger partial charge is 0.294 e. The first kappa shape index (κ1) is 11.0. The van der Waals surface area contributed by atoms with Crippen LogP contribution in [0, 0.1) is 12.7 Å². The van der Waals surface area contributed by atoms with Crippen molar-refractivity contribution in [1.29, 1.82) is 0 Å². The van der Waals surface area contributed by atoms with E-state index in [0.29, 0.717) is 0 Å². The molecule has 0 fully saturated rings. The highest BCUT2D eigenvalue weighted by atomic mass is 32.1. The monoisotopic (exact) mass is 234 g/mol. The highest BCUT2D eigenvalue weighted by Gasteiger charge is 2.14. The van der Waals surface area contributed by atoms with E-state index in [1.807, 2.05) is 12.3 Å². The smallest absolute Gasteiger partial charge is 0.161 e. The summed E-state index contributed by atoms with van der Waals surface area (Å²) < 4.78 is 12.8. The van der Waals surface area contributed by atoms with Crippen molar-refractivity contribution in [3.05, 3.63) is 46.6 Å². The van der Waals surface area contributed by atoms with Gasteiger partial charge in [0.1, 0.15) is 5.82 Å². The molecule has 0 spiro atoms. The summed E-state index contributed by atoms with van der Waals surface area (Å²) >= 11 is 1.52. The van der Waals surface area contributed by atoms with Gasteiger partial charge in [-0.2, -0.15) is 0 Å². The van der Waals surface area contributed by atoms with Crippen LogP contribution in [0.1, 0.15) is 22.8 Å². The Hall–Kier alpha value is -1.48. The van der Waals surface area contributed by atoms with Gasteiger partial charge in [0.15, 0.2) is 5.78 Å². The van der Waals surface area contributed by atoms with Gasteiger partial charge in [0.2, 0.25) is 0 Å². The number of Topliss-reactive ketones (excluding diaryl/α,β-unsaturated/α-hetero) is 1. The van der Waals surface area contributed by atoms with Crippen LogP contribution >= 0.6 is 11.3 Å². The molecular formula is C13H11FOS. The lowest BCUT2D eigenvalue weighted by Gasteiger charge is -2.02. The number of benzene rings is 1. The van der Waals surface area contributed by atoms with Crippen molar-refractivity contribution in [3.8, 4) is 10.4 Å². The molecule has 0 aliphatic carbocycles. The van der Waals surface area contributed by atoms with E-state index in [-0.39, 0.29) is 11.6 Å². The predicted molar refractivity (Wildman–Crippen MR) is 64.5 cm³/mol. The number of hydrogen-bond donors (Lipinski definition) is 0. The molecule has 0 aliphatic heterocycles. The lowest BCUT2D eigenvalue weighted by atomic mass is 10.0. The van der Waals surface area contributed by atoms with E-state index in [1.54, 1.807) is 19.1 Å². The minimum atomic E-state index is -0.263. The number of halogens is 1. The molecule has 1 aromatic heterocycles. The van der Waals surface area contributed by atoms with Crippen LogP contribution in [0.2, 0.25) is 0 Å². The fourth-order valence-electron chi connectivity index (χ4n) is 1.70. The van der Waals surface area contributed by atoms with Crippen LogP contribution in [0.4, 0.5) is 4.39 Å². The topological polar surface area (TPSA) is 17.1 Å². The number of thiophene rings is 1. The first-order chi connectivity index (χ1) is 7.59. The summed E-state index contributed by atoms with van der Waals surface area (Å²) in [6, 6.07) is 6.22. The first-order valence-electron chi connectivity index (χ1n) is 4.94. The number of rotatable bonds is 2. The molecule has 0 atom stereocenters. The molecule has 1 aromatic carbocycles. The molecule has 2 aromatic rings. The lowest BCUT2D eigenvalue weighted by molar-refractivity contribution is 0.101. The summed E-state index contributed by atoms with van der Waals surface area (Å²) in [4.78, 5) is 12.4. The van der Waals surface area contributed by atoms with Crippen LogP contribution in [0.5, 0.6) is 0 Å². The van der Waals surface area contributed by atoms with Crippen LogP contribution in [-0.2, 0) is 0 Å². The maximum Gasteiger partial charge on any atom is 0.161 e.